The van der Waals surface area contributed by atoms with Crippen LogP contribution < -0.4 is 0 Å². The summed E-state index contributed by atoms with van der Waals surface area (Å²) in [5, 5.41) is 3.46. The molecule has 0 bridgehead atoms. The third-order valence-corrected chi connectivity index (χ3v) is 9.95. The van der Waals surface area contributed by atoms with Crippen LogP contribution in [0.1, 0.15) is 0 Å². The fraction of sp³-hybridized carbons (Fsp3) is 0. The Balaban J connectivity index is 1.03. The molecule has 248 valence electrons. The number of fused-ring (bicyclic) bond motifs is 3. The van der Waals surface area contributed by atoms with E-state index in [4.69, 9.17) is 19.4 Å². The molecule has 0 fully saturated rings. The summed E-state index contributed by atoms with van der Waals surface area (Å²) in [7, 11) is 0. The number of rotatable bonds is 6. The van der Waals surface area contributed by atoms with Crippen LogP contribution in [0.4, 0.5) is 0 Å². The van der Waals surface area contributed by atoms with E-state index in [1.807, 2.05) is 66.7 Å². The Morgan fingerprint density at radius 2 is 0.981 bits per heavy atom. The third kappa shape index (κ3) is 5.63. The molecular weight excluding hydrogens is 647 g/mol. The monoisotopic (exact) mass is 677 g/mol. The molecule has 0 aliphatic rings. The normalized spacial score (nSPS) is 11.4. The average molecular weight is 678 g/mol. The van der Waals surface area contributed by atoms with E-state index in [1.54, 1.807) is 0 Å². The summed E-state index contributed by atoms with van der Waals surface area (Å²) in [5.41, 5.74) is 13.4. The van der Waals surface area contributed by atoms with Crippen molar-refractivity contribution < 1.29 is 4.42 Å². The molecule has 53 heavy (non-hydrogen) atoms. The second-order valence-corrected chi connectivity index (χ2v) is 13.2. The molecule has 0 saturated carbocycles. The van der Waals surface area contributed by atoms with Crippen LogP contribution in [0, 0.1) is 0 Å². The molecule has 2 heterocycles. The molecule has 4 heteroatoms. The van der Waals surface area contributed by atoms with E-state index in [0.717, 1.165) is 72.5 Å². The molecule has 10 rings (SSSR count). The fourth-order valence-corrected chi connectivity index (χ4v) is 7.28. The van der Waals surface area contributed by atoms with Gasteiger partial charge in [0.2, 0.25) is 5.89 Å². The minimum absolute atomic E-state index is 0.631. The van der Waals surface area contributed by atoms with E-state index < -0.39 is 0 Å². The molecule has 8 aromatic carbocycles. The van der Waals surface area contributed by atoms with Crippen molar-refractivity contribution in [2.75, 3.05) is 0 Å². The molecule has 0 aliphatic heterocycles. The van der Waals surface area contributed by atoms with Crippen LogP contribution in [0.5, 0.6) is 0 Å². The van der Waals surface area contributed by atoms with Crippen LogP contribution in [0.15, 0.2) is 192 Å². The quantitative estimate of drug-likeness (QED) is 0.176. The van der Waals surface area contributed by atoms with Gasteiger partial charge in [0.25, 0.3) is 0 Å². The van der Waals surface area contributed by atoms with Crippen molar-refractivity contribution in [1.29, 1.82) is 0 Å². The van der Waals surface area contributed by atoms with E-state index in [0.29, 0.717) is 5.89 Å². The highest BCUT2D eigenvalue weighted by atomic mass is 16.3. The van der Waals surface area contributed by atoms with E-state index in [-0.39, 0.29) is 0 Å². The van der Waals surface area contributed by atoms with Gasteiger partial charge in [0.1, 0.15) is 5.52 Å². The predicted molar refractivity (Wildman–Crippen MR) is 217 cm³/mol. The minimum atomic E-state index is 0.631. The third-order valence-electron chi connectivity index (χ3n) is 9.95. The summed E-state index contributed by atoms with van der Waals surface area (Å²) in [6.07, 6.45) is 0. The van der Waals surface area contributed by atoms with Crippen LogP contribution >= 0.6 is 0 Å². The van der Waals surface area contributed by atoms with Gasteiger partial charge in [-0.05, 0) is 74.5 Å². The SMILES string of the molecule is c1ccc(-c2nc(-c3ccc(-c4ccc5ccccc5c4-c4ccc(-c5ccc6oc(-c7ccccc7)nc6c5)cc4)cc3)c3ccccc3n2)cc1. The zero-order valence-electron chi connectivity index (χ0n) is 28.6. The van der Waals surface area contributed by atoms with Gasteiger partial charge in [-0.15, -0.1) is 0 Å². The lowest BCUT2D eigenvalue weighted by Gasteiger charge is -2.15. The Bertz CT molecular complexity index is 2910. The zero-order chi connectivity index (χ0) is 35.1. The van der Waals surface area contributed by atoms with Crippen molar-refractivity contribution >= 4 is 32.8 Å². The largest absolute Gasteiger partial charge is 0.436 e. The van der Waals surface area contributed by atoms with Gasteiger partial charge < -0.3 is 4.42 Å². The molecular formula is C49H31N3O. The van der Waals surface area contributed by atoms with Gasteiger partial charge in [0.15, 0.2) is 11.4 Å². The Morgan fingerprint density at radius 1 is 0.358 bits per heavy atom. The van der Waals surface area contributed by atoms with E-state index in [9.17, 15) is 0 Å². The number of aromatic nitrogens is 3. The van der Waals surface area contributed by atoms with Crippen LogP contribution in [0.2, 0.25) is 0 Å². The molecule has 0 atom stereocenters. The number of hydrogen-bond acceptors (Lipinski definition) is 4. The van der Waals surface area contributed by atoms with Gasteiger partial charge in [-0.1, -0.05) is 158 Å². The Hall–Kier alpha value is -7.17. The molecule has 0 N–H and O–H groups in total. The second kappa shape index (κ2) is 12.9. The smallest absolute Gasteiger partial charge is 0.227 e. The first-order chi connectivity index (χ1) is 26.2. The lowest BCUT2D eigenvalue weighted by Crippen LogP contribution is -1.95. The van der Waals surface area contributed by atoms with Gasteiger partial charge in [-0.2, -0.15) is 0 Å². The van der Waals surface area contributed by atoms with Gasteiger partial charge in [-0.25, -0.2) is 15.0 Å². The van der Waals surface area contributed by atoms with Crippen molar-refractivity contribution in [1.82, 2.24) is 15.0 Å². The summed E-state index contributed by atoms with van der Waals surface area (Å²) in [5.74, 6) is 1.36. The maximum atomic E-state index is 6.08. The van der Waals surface area contributed by atoms with Crippen molar-refractivity contribution in [2.24, 2.45) is 0 Å². The van der Waals surface area contributed by atoms with Crippen LogP contribution in [-0.2, 0) is 0 Å². The summed E-state index contributed by atoms with van der Waals surface area (Å²) >= 11 is 0. The lowest BCUT2D eigenvalue weighted by atomic mass is 9.88. The standard InChI is InChI=1S/C49H31N3O/c1-3-12-37(13-4-1)48-50-43-18-10-9-17-42(43)47(52-48)36-25-21-34(22-26-36)41-29-27-33-11-7-8-16-40(33)46(41)35-23-19-32(20-24-35)39-28-30-45-44(31-39)51-49(53-45)38-14-5-2-6-15-38/h1-31H. The summed E-state index contributed by atoms with van der Waals surface area (Å²) in [4.78, 5) is 14.8. The minimum Gasteiger partial charge on any atom is -0.436 e. The summed E-state index contributed by atoms with van der Waals surface area (Å²) < 4.78 is 6.08. The summed E-state index contributed by atoms with van der Waals surface area (Å²) in [6.45, 7) is 0. The molecule has 0 radical (unpaired) electrons. The van der Waals surface area contributed by atoms with E-state index in [1.165, 1.54) is 21.9 Å². The molecule has 0 spiro atoms. The van der Waals surface area contributed by atoms with Crippen molar-refractivity contribution in [3.8, 4) is 67.5 Å². The molecule has 10 aromatic rings. The zero-order valence-corrected chi connectivity index (χ0v) is 28.6. The highest BCUT2D eigenvalue weighted by molar-refractivity contribution is 6.04. The van der Waals surface area contributed by atoms with Gasteiger partial charge in [-0.3, -0.25) is 0 Å². The fourth-order valence-electron chi connectivity index (χ4n) is 7.28. The predicted octanol–water partition coefficient (Wildman–Crippen LogP) is 12.9. The maximum absolute atomic E-state index is 6.08. The van der Waals surface area contributed by atoms with E-state index >= 15 is 0 Å². The van der Waals surface area contributed by atoms with Crippen molar-refractivity contribution in [3.63, 3.8) is 0 Å². The Kier molecular flexibility index (Phi) is 7.43. The number of benzene rings is 8. The van der Waals surface area contributed by atoms with Gasteiger partial charge in [0, 0.05) is 22.1 Å². The summed E-state index contributed by atoms with van der Waals surface area (Å²) in [6, 6.07) is 65.4. The molecule has 0 aliphatic carbocycles. The number of nitrogens with zero attached hydrogens (tertiary/aromatic N) is 3. The van der Waals surface area contributed by atoms with Crippen LogP contribution in [0.3, 0.4) is 0 Å². The molecule has 0 amide bonds. The van der Waals surface area contributed by atoms with Gasteiger partial charge in [0.05, 0.1) is 11.2 Å². The average Bonchev–Trinajstić information content (AvgIpc) is 3.68. The van der Waals surface area contributed by atoms with Crippen molar-refractivity contribution in [2.45, 2.75) is 0 Å². The Labute approximate surface area is 306 Å². The van der Waals surface area contributed by atoms with Crippen LogP contribution in [0.25, 0.3) is 100 Å². The number of oxazole rings is 1. The first-order valence-corrected chi connectivity index (χ1v) is 17.8. The van der Waals surface area contributed by atoms with Crippen LogP contribution in [-0.4, -0.2) is 15.0 Å². The topological polar surface area (TPSA) is 51.8 Å². The lowest BCUT2D eigenvalue weighted by molar-refractivity contribution is 0.620. The van der Waals surface area contributed by atoms with Gasteiger partial charge >= 0.3 is 0 Å². The molecule has 2 aromatic heterocycles. The molecule has 4 nitrogen and oxygen atoms in total. The first-order valence-electron chi connectivity index (χ1n) is 17.8. The first kappa shape index (κ1) is 30.6. The second-order valence-electron chi connectivity index (χ2n) is 13.2. The van der Waals surface area contributed by atoms with E-state index in [2.05, 4.69) is 121 Å². The maximum Gasteiger partial charge on any atom is 0.227 e. The highest BCUT2D eigenvalue weighted by Crippen LogP contribution is 2.40. The Morgan fingerprint density at radius 3 is 1.77 bits per heavy atom. The van der Waals surface area contributed by atoms with Crippen molar-refractivity contribution in [3.05, 3.63) is 188 Å². The number of hydrogen-bond donors (Lipinski definition) is 0. The highest BCUT2D eigenvalue weighted by Gasteiger charge is 2.16. The molecule has 0 unspecified atom stereocenters. The molecule has 0 saturated heterocycles. The number of para-hydroxylation sites is 1.